The Hall–Kier alpha value is -4.67. The summed E-state index contributed by atoms with van der Waals surface area (Å²) in [5.74, 6) is 0.646. The van der Waals surface area contributed by atoms with E-state index in [0.29, 0.717) is 23.2 Å². The fraction of sp³-hybridized carbons (Fsp3) is 0.242. The van der Waals surface area contributed by atoms with Gasteiger partial charge in [0.2, 0.25) is 17.0 Å². The van der Waals surface area contributed by atoms with Crippen molar-refractivity contribution in [2.45, 2.75) is 19.9 Å². The maximum atomic E-state index is 11.8. The molecule has 1 aromatic heterocycles. The molecule has 0 spiro atoms. The number of methoxy groups -OCH3 is 1. The minimum Gasteiger partial charge on any atom is -0.465 e. The highest BCUT2D eigenvalue weighted by Crippen LogP contribution is 2.29. The lowest BCUT2D eigenvalue weighted by molar-refractivity contribution is 0.0600. The number of guanidine groups is 1. The van der Waals surface area contributed by atoms with E-state index in [1.807, 2.05) is 19.9 Å². The van der Waals surface area contributed by atoms with Crippen LogP contribution < -0.4 is 10.6 Å². The number of carbonyl (C=O) groups excluding carboxylic acids is 1. The van der Waals surface area contributed by atoms with Gasteiger partial charge in [-0.05, 0) is 67.5 Å². The topological polar surface area (TPSA) is 95.0 Å². The molecule has 2 heterocycles. The molecule has 0 atom stereocenters. The molecular weight excluding hydrogens is 558 g/mol. The number of benzene rings is 3. The number of hydrogen-bond acceptors (Lipinski definition) is 6. The lowest BCUT2D eigenvalue weighted by Crippen LogP contribution is -2.52. The summed E-state index contributed by atoms with van der Waals surface area (Å²) >= 11 is 5.64. The molecule has 2 N–H and O–H groups in total. The number of carbonyl (C=O) groups is 1. The number of aryl methyl sites for hydroxylation is 2. The van der Waals surface area contributed by atoms with E-state index in [1.54, 1.807) is 24.3 Å². The van der Waals surface area contributed by atoms with E-state index < -0.39 is 5.97 Å². The molecule has 1 aliphatic heterocycles. The number of aromatic nitrogens is 2. The maximum absolute atomic E-state index is 11.8. The molecule has 10 heteroatoms. The van der Waals surface area contributed by atoms with Crippen molar-refractivity contribution >= 4 is 40.9 Å². The highest BCUT2D eigenvalue weighted by molar-refractivity contribution is 7.80. The highest BCUT2D eigenvalue weighted by atomic mass is 32.1. The first-order valence-electron chi connectivity index (χ1n) is 14.2. The van der Waals surface area contributed by atoms with Crippen LogP contribution in [0.2, 0.25) is 0 Å². The Morgan fingerprint density at radius 2 is 1.40 bits per heavy atom. The molecule has 5 rings (SSSR count). The molecule has 0 aliphatic carbocycles. The number of ether oxygens (including phenoxy) is 1. The fourth-order valence-electron chi connectivity index (χ4n) is 5.19. The Kier molecular flexibility index (Phi) is 9.70. The number of thiocarbonyl (C=S) groups is 1. The van der Waals surface area contributed by atoms with Gasteiger partial charge in [-0.25, -0.2) is 14.8 Å². The summed E-state index contributed by atoms with van der Waals surface area (Å²) in [4.78, 5) is 30.4. The monoisotopic (exact) mass is 593 g/mol. The summed E-state index contributed by atoms with van der Waals surface area (Å²) in [6, 6.07) is 30.2. The molecule has 0 bridgehead atoms. The molecular formula is C33H35N7O2S. The molecule has 0 radical (unpaired) electrons. The van der Waals surface area contributed by atoms with Crippen LogP contribution in [-0.4, -0.2) is 70.1 Å². The van der Waals surface area contributed by atoms with Crippen molar-refractivity contribution in [2.24, 2.45) is 4.99 Å². The Labute approximate surface area is 257 Å². The minimum atomic E-state index is -0.395. The van der Waals surface area contributed by atoms with Crippen molar-refractivity contribution in [2.75, 3.05) is 43.9 Å². The molecule has 0 saturated carbocycles. The van der Waals surface area contributed by atoms with Crippen molar-refractivity contribution in [3.63, 3.8) is 0 Å². The Morgan fingerprint density at radius 1 is 0.837 bits per heavy atom. The van der Waals surface area contributed by atoms with Crippen LogP contribution in [0.25, 0.3) is 0 Å². The van der Waals surface area contributed by atoms with Crippen LogP contribution in [0.1, 0.15) is 38.9 Å². The molecule has 9 nitrogen and oxygen atoms in total. The molecule has 1 aliphatic rings. The average molecular weight is 594 g/mol. The molecule has 4 aromatic rings. The number of hydrogen-bond donors (Lipinski definition) is 2. The van der Waals surface area contributed by atoms with Crippen molar-refractivity contribution in [3.05, 3.63) is 119 Å². The second kappa shape index (κ2) is 14.0. The van der Waals surface area contributed by atoms with Crippen LogP contribution in [-0.2, 0) is 4.74 Å². The molecule has 0 amide bonds. The van der Waals surface area contributed by atoms with Crippen LogP contribution in [0.5, 0.6) is 0 Å². The quantitative estimate of drug-likeness (QED) is 0.131. The number of rotatable bonds is 6. The summed E-state index contributed by atoms with van der Waals surface area (Å²) in [6.45, 7) is 6.96. The third-order valence-electron chi connectivity index (χ3n) is 7.18. The fourth-order valence-corrected chi connectivity index (χ4v) is 5.40. The number of esters is 1. The van der Waals surface area contributed by atoms with Gasteiger partial charge < -0.3 is 15.0 Å². The summed E-state index contributed by atoms with van der Waals surface area (Å²) in [5, 5.41) is 6.75. The van der Waals surface area contributed by atoms with Gasteiger partial charge in [-0.3, -0.25) is 10.2 Å². The van der Waals surface area contributed by atoms with E-state index in [2.05, 4.69) is 91.1 Å². The van der Waals surface area contributed by atoms with Crippen LogP contribution in [0, 0.1) is 13.8 Å². The average Bonchev–Trinajstić information content (AvgIpc) is 3.02. The molecule has 1 fully saturated rings. The molecule has 0 unspecified atom stereocenters. The van der Waals surface area contributed by atoms with Crippen molar-refractivity contribution in [1.29, 1.82) is 0 Å². The van der Waals surface area contributed by atoms with Crippen molar-refractivity contribution < 1.29 is 9.53 Å². The Morgan fingerprint density at radius 3 is 1.93 bits per heavy atom. The minimum absolute atomic E-state index is 0.149. The van der Waals surface area contributed by atoms with Crippen LogP contribution in [0.3, 0.4) is 0 Å². The lowest BCUT2D eigenvalue weighted by Gasteiger charge is -2.40. The normalized spacial score (nSPS) is 14.0. The Bertz CT molecular complexity index is 1510. The smallest absolute Gasteiger partial charge is 0.337 e. The standard InChI is InChI=1S/C33H35N7O2S/c1-23-22-24(2)35-31(34-23)37-32(38-33(43)36-28-16-14-27(15-17-28)30(41)42-3)40-20-18-39(19-21-40)29(25-10-6-4-7-11-25)26-12-8-5-9-13-26/h4-17,22,29H,18-21H2,1-3H3,(H2,34,35,36,37,38,43). The predicted octanol–water partition coefficient (Wildman–Crippen LogP) is 5.45. The third-order valence-corrected chi connectivity index (χ3v) is 7.37. The van der Waals surface area contributed by atoms with E-state index in [4.69, 9.17) is 21.9 Å². The zero-order valence-corrected chi connectivity index (χ0v) is 25.3. The summed E-state index contributed by atoms with van der Waals surface area (Å²) in [7, 11) is 1.36. The first-order valence-corrected chi connectivity index (χ1v) is 14.6. The SMILES string of the molecule is COC(=O)c1ccc(NC(=S)/N=C(/Nc2nc(C)cc(C)n2)N2CCN(C(c3ccccc3)c3ccccc3)CC2)cc1. The number of nitrogens with one attached hydrogen (secondary N) is 2. The van der Waals surface area contributed by atoms with E-state index in [9.17, 15) is 4.79 Å². The van der Waals surface area contributed by atoms with Gasteiger partial charge in [0, 0.05) is 43.3 Å². The molecule has 3 aromatic carbocycles. The van der Waals surface area contributed by atoms with Crippen molar-refractivity contribution in [3.8, 4) is 0 Å². The predicted molar refractivity (Wildman–Crippen MR) is 174 cm³/mol. The van der Waals surface area contributed by atoms with Gasteiger partial charge in [0.15, 0.2) is 0 Å². The summed E-state index contributed by atoms with van der Waals surface area (Å²) in [6.07, 6.45) is 0. The Balaban J connectivity index is 1.36. The summed E-state index contributed by atoms with van der Waals surface area (Å²) in [5.41, 5.74) is 5.42. The second-order valence-electron chi connectivity index (χ2n) is 10.3. The largest absolute Gasteiger partial charge is 0.465 e. The number of nitrogens with zero attached hydrogens (tertiary/aromatic N) is 5. The highest BCUT2D eigenvalue weighted by Gasteiger charge is 2.28. The molecule has 220 valence electrons. The van der Waals surface area contributed by atoms with Crippen LogP contribution in [0.4, 0.5) is 11.6 Å². The first kappa shape index (κ1) is 29.8. The maximum Gasteiger partial charge on any atom is 0.337 e. The van der Waals surface area contributed by atoms with Crippen LogP contribution in [0.15, 0.2) is 96.0 Å². The van der Waals surface area contributed by atoms with Gasteiger partial charge in [-0.1, -0.05) is 60.7 Å². The van der Waals surface area contributed by atoms with E-state index in [1.165, 1.54) is 18.2 Å². The van der Waals surface area contributed by atoms with E-state index in [-0.39, 0.29) is 11.2 Å². The zero-order chi connectivity index (χ0) is 30.2. The van der Waals surface area contributed by atoms with Gasteiger partial charge in [0.25, 0.3) is 0 Å². The number of aliphatic imine (C=N–C) groups is 1. The van der Waals surface area contributed by atoms with Gasteiger partial charge in [0.05, 0.1) is 18.7 Å². The molecule has 43 heavy (non-hydrogen) atoms. The van der Waals surface area contributed by atoms with Crippen molar-refractivity contribution in [1.82, 2.24) is 19.8 Å². The van der Waals surface area contributed by atoms with E-state index in [0.717, 1.165) is 37.6 Å². The van der Waals surface area contributed by atoms with Gasteiger partial charge in [-0.2, -0.15) is 4.99 Å². The molecule has 1 saturated heterocycles. The number of piperazine rings is 1. The third kappa shape index (κ3) is 7.79. The van der Waals surface area contributed by atoms with E-state index >= 15 is 0 Å². The van der Waals surface area contributed by atoms with Gasteiger partial charge in [-0.15, -0.1) is 0 Å². The van der Waals surface area contributed by atoms with Crippen LogP contribution >= 0.6 is 12.2 Å². The summed E-state index contributed by atoms with van der Waals surface area (Å²) < 4.78 is 4.79. The number of anilines is 2. The zero-order valence-electron chi connectivity index (χ0n) is 24.5. The first-order chi connectivity index (χ1) is 20.9. The van der Waals surface area contributed by atoms with Gasteiger partial charge >= 0.3 is 5.97 Å². The second-order valence-corrected chi connectivity index (χ2v) is 10.7. The lowest BCUT2D eigenvalue weighted by atomic mass is 9.96. The van der Waals surface area contributed by atoms with Gasteiger partial charge in [0.1, 0.15) is 0 Å².